The molecule has 2 amide bonds. The molecule has 1 aromatic heterocycles. The van der Waals surface area contributed by atoms with Crippen molar-refractivity contribution < 1.29 is 27.5 Å². The third kappa shape index (κ3) is 5.68. The fraction of sp³-hybridized carbons (Fsp3) is 0.500. The summed E-state index contributed by atoms with van der Waals surface area (Å²) < 4.78 is 39.5. The first-order chi connectivity index (χ1) is 16.2. The van der Waals surface area contributed by atoms with Crippen molar-refractivity contribution in [2.24, 2.45) is 13.0 Å². The van der Waals surface area contributed by atoms with Gasteiger partial charge in [-0.05, 0) is 44.4 Å². The molecule has 1 aliphatic rings. The summed E-state index contributed by atoms with van der Waals surface area (Å²) in [4.78, 5) is 29.1. The number of benzene rings is 1. The van der Waals surface area contributed by atoms with Gasteiger partial charge in [-0.3, -0.25) is 20.4 Å². The van der Waals surface area contributed by atoms with Crippen LogP contribution in [0.5, 0.6) is 11.5 Å². The lowest BCUT2D eigenvalue weighted by atomic mass is 9.98. The van der Waals surface area contributed by atoms with E-state index < -0.39 is 21.8 Å². The fourth-order valence-electron chi connectivity index (χ4n) is 3.57. The maximum Gasteiger partial charge on any atom is 0.269 e. The number of aromatic nitrogens is 2. The number of nitrogens with one attached hydrogen (secondary N) is 2. The van der Waals surface area contributed by atoms with Crippen molar-refractivity contribution >= 4 is 21.8 Å². The molecule has 0 spiro atoms. The van der Waals surface area contributed by atoms with Gasteiger partial charge in [0, 0.05) is 37.8 Å². The highest BCUT2D eigenvalue weighted by molar-refractivity contribution is 7.89. The average molecular weight is 494 g/mol. The van der Waals surface area contributed by atoms with Crippen molar-refractivity contribution in [2.75, 3.05) is 26.8 Å². The Morgan fingerprint density at radius 1 is 1.18 bits per heavy atom. The zero-order valence-corrected chi connectivity index (χ0v) is 20.6. The molecule has 0 unspecified atom stereocenters. The van der Waals surface area contributed by atoms with E-state index in [-0.39, 0.29) is 24.0 Å². The lowest BCUT2D eigenvalue weighted by molar-refractivity contribution is -0.126. The normalized spacial score (nSPS) is 15.1. The van der Waals surface area contributed by atoms with Gasteiger partial charge in [-0.2, -0.15) is 4.31 Å². The molecule has 0 bridgehead atoms. The van der Waals surface area contributed by atoms with Crippen LogP contribution >= 0.6 is 0 Å². The first-order valence-corrected chi connectivity index (χ1v) is 12.5. The molecule has 12 heteroatoms. The van der Waals surface area contributed by atoms with Gasteiger partial charge in [-0.15, -0.1) is 0 Å². The second kappa shape index (κ2) is 10.9. The van der Waals surface area contributed by atoms with Gasteiger partial charge in [0.05, 0.1) is 13.7 Å². The molecule has 2 heterocycles. The molecule has 1 aliphatic heterocycles. The Bertz CT molecular complexity index is 1120. The molecule has 2 aromatic rings. The number of aryl methyl sites for hydroxylation is 2. The minimum absolute atomic E-state index is 0.00389. The van der Waals surface area contributed by atoms with Gasteiger partial charge in [-0.25, -0.2) is 13.4 Å². The van der Waals surface area contributed by atoms with E-state index in [0.29, 0.717) is 42.3 Å². The van der Waals surface area contributed by atoms with Gasteiger partial charge >= 0.3 is 0 Å². The minimum Gasteiger partial charge on any atom is -0.493 e. The molecule has 1 aromatic carbocycles. The Balaban J connectivity index is 1.53. The average Bonchev–Trinajstić information content (AvgIpc) is 3.19. The highest BCUT2D eigenvalue weighted by atomic mass is 32.2. The van der Waals surface area contributed by atoms with Crippen LogP contribution in [0, 0.1) is 12.8 Å². The number of carbonyl (C=O) groups excluding carboxylic acids is 2. The molecular weight excluding hydrogens is 462 g/mol. The van der Waals surface area contributed by atoms with Crippen LogP contribution in [-0.2, 0) is 21.9 Å². The first-order valence-electron chi connectivity index (χ1n) is 11.1. The van der Waals surface area contributed by atoms with E-state index >= 15 is 0 Å². The number of nitrogens with zero attached hydrogens (tertiary/aromatic N) is 3. The number of carbonyl (C=O) groups is 2. The highest BCUT2D eigenvalue weighted by Crippen LogP contribution is 2.28. The van der Waals surface area contributed by atoms with E-state index in [4.69, 9.17) is 9.47 Å². The number of sulfonamides is 1. The number of hydrazine groups is 1. The van der Waals surface area contributed by atoms with E-state index in [1.54, 1.807) is 30.7 Å². The SMILES string of the molecule is CCCOc1ccc(C(=O)NNC(=O)C2CCN(S(=O)(=O)c3cn(C)c(C)n3)CC2)cc1OC. The zero-order chi connectivity index (χ0) is 24.9. The standard InChI is InChI=1S/C22H31N5O6S/c1-5-12-33-18-7-6-17(13-19(18)32-4)22(29)25-24-21(28)16-8-10-27(11-9-16)34(30,31)20-14-26(3)15(2)23-20/h6-7,13-14,16H,5,8-12H2,1-4H3,(H,24,28)(H,25,29). The summed E-state index contributed by atoms with van der Waals surface area (Å²) in [6, 6.07) is 4.76. The number of amides is 2. The summed E-state index contributed by atoms with van der Waals surface area (Å²) >= 11 is 0. The van der Waals surface area contributed by atoms with E-state index in [2.05, 4.69) is 15.8 Å². The molecular formula is C22H31N5O6S. The summed E-state index contributed by atoms with van der Waals surface area (Å²) in [5.74, 6) is 0.269. The number of hydrogen-bond donors (Lipinski definition) is 2. The topological polar surface area (TPSA) is 132 Å². The van der Waals surface area contributed by atoms with Crippen LogP contribution in [0.2, 0.25) is 0 Å². The predicted molar refractivity (Wildman–Crippen MR) is 124 cm³/mol. The number of methoxy groups -OCH3 is 1. The Morgan fingerprint density at radius 2 is 1.88 bits per heavy atom. The maximum absolute atomic E-state index is 12.8. The third-order valence-corrected chi connectivity index (χ3v) is 7.47. The molecule has 2 N–H and O–H groups in total. The van der Waals surface area contributed by atoms with Gasteiger partial charge < -0.3 is 14.0 Å². The number of imidazole rings is 1. The Labute approximate surface area is 199 Å². The van der Waals surface area contributed by atoms with E-state index in [0.717, 1.165) is 6.42 Å². The molecule has 1 saturated heterocycles. The second-order valence-corrected chi connectivity index (χ2v) is 9.96. The molecule has 0 aliphatic carbocycles. The highest BCUT2D eigenvalue weighted by Gasteiger charge is 2.33. The Hall–Kier alpha value is -3.12. The van der Waals surface area contributed by atoms with Crippen LogP contribution in [0.1, 0.15) is 42.4 Å². The zero-order valence-electron chi connectivity index (χ0n) is 19.8. The van der Waals surface area contributed by atoms with Crippen molar-refractivity contribution in [3.05, 3.63) is 35.8 Å². The predicted octanol–water partition coefficient (Wildman–Crippen LogP) is 1.39. The quantitative estimate of drug-likeness (QED) is 0.531. The monoisotopic (exact) mass is 493 g/mol. The first kappa shape index (κ1) is 25.5. The van der Waals surface area contributed by atoms with Crippen molar-refractivity contribution in [3.63, 3.8) is 0 Å². The Morgan fingerprint density at radius 3 is 2.47 bits per heavy atom. The molecule has 0 radical (unpaired) electrons. The summed E-state index contributed by atoms with van der Waals surface area (Å²) in [6.07, 6.45) is 3.00. The van der Waals surface area contributed by atoms with Crippen LogP contribution in [0.3, 0.4) is 0 Å². The van der Waals surface area contributed by atoms with Gasteiger partial charge in [0.15, 0.2) is 16.5 Å². The van der Waals surface area contributed by atoms with Crippen molar-refractivity contribution in [2.45, 2.75) is 38.1 Å². The molecule has 0 atom stereocenters. The molecule has 0 saturated carbocycles. The van der Waals surface area contributed by atoms with Crippen molar-refractivity contribution in [3.8, 4) is 11.5 Å². The van der Waals surface area contributed by atoms with Gasteiger partial charge in [0.2, 0.25) is 5.91 Å². The molecule has 11 nitrogen and oxygen atoms in total. The number of hydrogen-bond acceptors (Lipinski definition) is 7. The molecule has 1 fully saturated rings. The van der Waals surface area contributed by atoms with Gasteiger partial charge in [0.1, 0.15) is 5.82 Å². The molecule has 3 rings (SSSR count). The third-order valence-electron chi connectivity index (χ3n) is 5.70. The van der Waals surface area contributed by atoms with Crippen LogP contribution in [0.15, 0.2) is 29.4 Å². The summed E-state index contributed by atoms with van der Waals surface area (Å²) in [5, 5.41) is 0.00389. The van der Waals surface area contributed by atoms with E-state index in [9.17, 15) is 18.0 Å². The van der Waals surface area contributed by atoms with Crippen LogP contribution < -0.4 is 20.3 Å². The summed E-state index contributed by atoms with van der Waals surface area (Å²) in [5.41, 5.74) is 5.14. The van der Waals surface area contributed by atoms with Crippen LogP contribution in [0.25, 0.3) is 0 Å². The lowest BCUT2D eigenvalue weighted by Crippen LogP contribution is -2.48. The molecule has 186 valence electrons. The lowest BCUT2D eigenvalue weighted by Gasteiger charge is -2.29. The minimum atomic E-state index is -3.71. The number of rotatable bonds is 8. The van der Waals surface area contributed by atoms with Crippen LogP contribution in [0.4, 0.5) is 0 Å². The van der Waals surface area contributed by atoms with Crippen LogP contribution in [-0.4, -0.2) is 60.9 Å². The van der Waals surface area contributed by atoms with Gasteiger partial charge in [-0.1, -0.05) is 6.92 Å². The summed E-state index contributed by atoms with van der Waals surface area (Å²) in [6.45, 7) is 4.63. The summed E-state index contributed by atoms with van der Waals surface area (Å²) in [7, 11) is -0.495. The van der Waals surface area contributed by atoms with E-state index in [1.165, 1.54) is 23.7 Å². The second-order valence-electron chi connectivity index (χ2n) is 8.07. The van der Waals surface area contributed by atoms with Gasteiger partial charge in [0.25, 0.3) is 15.9 Å². The fourth-order valence-corrected chi connectivity index (χ4v) is 5.07. The smallest absolute Gasteiger partial charge is 0.269 e. The van der Waals surface area contributed by atoms with Crippen molar-refractivity contribution in [1.82, 2.24) is 24.7 Å². The number of ether oxygens (including phenoxy) is 2. The number of piperidine rings is 1. The Kier molecular flexibility index (Phi) is 8.15. The van der Waals surface area contributed by atoms with Crippen molar-refractivity contribution in [1.29, 1.82) is 0 Å². The molecule has 34 heavy (non-hydrogen) atoms. The van der Waals surface area contributed by atoms with E-state index in [1.807, 2.05) is 6.92 Å². The maximum atomic E-state index is 12.8. The largest absolute Gasteiger partial charge is 0.493 e.